The molecule has 0 aromatic carbocycles. The molecule has 0 radical (unpaired) electrons. The van der Waals surface area contributed by atoms with Crippen molar-refractivity contribution in [1.82, 2.24) is 4.90 Å². The maximum absolute atomic E-state index is 5.84. The van der Waals surface area contributed by atoms with Gasteiger partial charge in [0.05, 0.1) is 12.7 Å². The Bertz CT molecular complexity index is 216. The molecule has 14 heavy (non-hydrogen) atoms. The van der Waals surface area contributed by atoms with Gasteiger partial charge in [0.15, 0.2) is 0 Å². The number of methoxy groups -OCH3 is 1. The number of nitrogens with zero attached hydrogens (tertiary/aromatic N) is 1. The zero-order chi connectivity index (χ0) is 10.4. The predicted molar refractivity (Wildman–Crippen MR) is 55.4 cm³/mol. The van der Waals surface area contributed by atoms with E-state index < -0.39 is 0 Å². The van der Waals surface area contributed by atoms with Gasteiger partial charge >= 0.3 is 0 Å². The van der Waals surface area contributed by atoms with Crippen LogP contribution in [-0.4, -0.2) is 49.0 Å². The summed E-state index contributed by atoms with van der Waals surface area (Å²) in [4.78, 5) is 2.45. The Morgan fingerprint density at radius 1 is 1.36 bits per heavy atom. The van der Waals surface area contributed by atoms with Crippen molar-refractivity contribution in [2.45, 2.75) is 44.4 Å². The third-order valence-electron chi connectivity index (χ3n) is 3.51. The molecule has 0 saturated carbocycles. The maximum Gasteiger partial charge on any atom is 0.119 e. The summed E-state index contributed by atoms with van der Waals surface area (Å²) in [6.07, 6.45) is 1.36. The Morgan fingerprint density at radius 2 is 2.00 bits per heavy atom. The van der Waals surface area contributed by atoms with Crippen molar-refractivity contribution in [2.75, 3.05) is 26.8 Å². The van der Waals surface area contributed by atoms with Gasteiger partial charge in [0.2, 0.25) is 0 Å². The van der Waals surface area contributed by atoms with Gasteiger partial charge in [-0.15, -0.1) is 0 Å². The summed E-state index contributed by atoms with van der Waals surface area (Å²) in [5.74, 6) is 0. The lowest BCUT2D eigenvalue weighted by Gasteiger charge is -2.55. The van der Waals surface area contributed by atoms with Gasteiger partial charge in [-0.25, -0.2) is 0 Å². The van der Waals surface area contributed by atoms with Crippen molar-refractivity contribution in [3.05, 3.63) is 0 Å². The zero-order valence-electron chi connectivity index (χ0n) is 9.67. The van der Waals surface area contributed by atoms with Crippen LogP contribution in [0, 0.1) is 0 Å². The number of hydrogen-bond acceptors (Lipinski definition) is 3. The highest BCUT2D eigenvalue weighted by molar-refractivity contribution is 5.08. The van der Waals surface area contributed by atoms with Crippen LogP contribution in [0.4, 0.5) is 0 Å². The molecule has 2 heterocycles. The van der Waals surface area contributed by atoms with Gasteiger partial charge in [-0.3, -0.25) is 4.90 Å². The van der Waals surface area contributed by atoms with Crippen molar-refractivity contribution in [1.29, 1.82) is 0 Å². The topological polar surface area (TPSA) is 21.7 Å². The quantitative estimate of drug-likeness (QED) is 0.635. The van der Waals surface area contributed by atoms with Crippen LogP contribution in [-0.2, 0) is 9.47 Å². The van der Waals surface area contributed by atoms with E-state index in [-0.39, 0.29) is 11.1 Å². The molecule has 2 saturated heterocycles. The fourth-order valence-corrected chi connectivity index (χ4v) is 2.43. The van der Waals surface area contributed by atoms with Gasteiger partial charge in [0.25, 0.3) is 0 Å². The van der Waals surface area contributed by atoms with Gasteiger partial charge in [0.1, 0.15) is 5.60 Å². The van der Waals surface area contributed by atoms with E-state index in [1.54, 1.807) is 7.11 Å². The van der Waals surface area contributed by atoms with Crippen molar-refractivity contribution in [3.63, 3.8) is 0 Å². The van der Waals surface area contributed by atoms with Crippen LogP contribution in [0.5, 0.6) is 0 Å². The van der Waals surface area contributed by atoms with Crippen molar-refractivity contribution in [3.8, 4) is 0 Å². The van der Waals surface area contributed by atoms with E-state index in [1.807, 2.05) is 0 Å². The number of hydrogen-bond donors (Lipinski definition) is 0. The van der Waals surface area contributed by atoms with Crippen molar-refractivity contribution in [2.24, 2.45) is 0 Å². The van der Waals surface area contributed by atoms with Gasteiger partial charge in [-0.1, -0.05) is 0 Å². The van der Waals surface area contributed by atoms with E-state index in [0.717, 1.165) is 26.1 Å². The highest BCUT2D eigenvalue weighted by atomic mass is 16.6. The first-order chi connectivity index (χ1) is 6.48. The lowest BCUT2D eigenvalue weighted by Crippen LogP contribution is -2.70. The van der Waals surface area contributed by atoms with E-state index >= 15 is 0 Å². The molecule has 1 atom stereocenters. The number of rotatable bonds is 1. The molecular weight excluding hydrogens is 178 g/mol. The third kappa shape index (κ3) is 1.47. The van der Waals surface area contributed by atoms with E-state index in [1.165, 1.54) is 0 Å². The molecule has 0 bridgehead atoms. The van der Waals surface area contributed by atoms with E-state index in [9.17, 15) is 0 Å². The molecule has 2 fully saturated rings. The lowest BCUT2D eigenvalue weighted by molar-refractivity contribution is -0.182. The summed E-state index contributed by atoms with van der Waals surface area (Å²) in [7, 11) is 1.79. The van der Waals surface area contributed by atoms with Crippen LogP contribution in [0.2, 0.25) is 0 Å². The average Bonchev–Trinajstić information content (AvgIpc) is 2.41. The minimum atomic E-state index is 0.0159. The van der Waals surface area contributed by atoms with E-state index in [4.69, 9.17) is 9.47 Å². The minimum absolute atomic E-state index is 0.0159. The zero-order valence-corrected chi connectivity index (χ0v) is 9.67. The summed E-state index contributed by atoms with van der Waals surface area (Å²) < 4.78 is 11.3. The van der Waals surface area contributed by atoms with Crippen molar-refractivity contribution >= 4 is 0 Å². The fraction of sp³-hybridized carbons (Fsp3) is 1.00. The second-order valence-electron chi connectivity index (χ2n) is 5.45. The molecule has 3 nitrogen and oxygen atoms in total. The molecule has 0 aromatic rings. The smallest absolute Gasteiger partial charge is 0.119 e. The predicted octanol–water partition coefficient (Wildman–Crippen LogP) is 1.27. The Hall–Kier alpha value is -0.120. The Balaban J connectivity index is 1.97. The molecule has 2 aliphatic heterocycles. The fourth-order valence-electron chi connectivity index (χ4n) is 2.43. The second kappa shape index (κ2) is 3.19. The number of ether oxygens (including phenoxy) is 2. The molecule has 2 aliphatic rings. The highest BCUT2D eigenvalue weighted by Crippen LogP contribution is 2.39. The Labute approximate surface area is 86.4 Å². The van der Waals surface area contributed by atoms with E-state index in [0.29, 0.717) is 6.10 Å². The molecule has 0 aromatic heterocycles. The number of likely N-dealkylation sites (tertiary alicyclic amines) is 1. The molecule has 0 amide bonds. The molecule has 0 N–H and O–H groups in total. The summed E-state index contributed by atoms with van der Waals surface area (Å²) >= 11 is 0. The molecule has 1 spiro atoms. The second-order valence-corrected chi connectivity index (χ2v) is 5.45. The van der Waals surface area contributed by atoms with Gasteiger partial charge < -0.3 is 9.47 Å². The molecule has 0 aliphatic carbocycles. The van der Waals surface area contributed by atoms with Crippen molar-refractivity contribution < 1.29 is 9.47 Å². The first-order valence-electron chi connectivity index (χ1n) is 5.40. The third-order valence-corrected chi connectivity index (χ3v) is 3.51. The first kappa shape index (κ1) is 10.4. The van der Waals surface area contributed by atoms with Gasteiger partial charge in [0, 0.05) is 25.7 Å². The molecule has 3 heteroatoms. The molecule has 2 rings (SSSR count). The SMILES string of the molecule is CO[C@H]1CCOC12CN(C(C)(C)C)C2. The molecule has 82 valence electrons. The van der Waals surface area contributed by atoms with Gasteiger partial charge in [-0.2, -0.15) is 0 Å². The standard InChI is InChI=1S/C11H21NO2/c1-10(2,3)12-7-11(8-12)9(13-4)5-6-14-11/h9H,5-8H2,1-4H3/t9-/m0/s1. The van der Waals surface area contributed by atoms with Crippen LogP contribution < -0.4 is 0 Å². The Morgan fingerprint density at radius 3 is 2.50 bits per heavy atom. The monoisotopic (exact) mass is 199 g/mol. The minimum Gasteiger partial charge on any atom is -0.378 e. The van der Waals surface area contributed by atoms with E-state index in [2.05, 4.69) is 25.7 Å². The van der Waals surface area contributed by atoms with Crippen LogP contribution >= 0.6 is 0 Å². The molecule has 0 unspecified atom stereocenters. The summed E-state index contributed by atoms with van der Waals surface area (Å²) in [5.41, 5.74) is 0.275. The summed E-state index contributed by atoms with van der Waals surface area (Å²) in [6.45, 7) is 9.64. The highest BCUT2D eigenvalue weighted by Gasteiger charge is 2.55. The first-order valence-corrected chi connectivity index (χ1v) is 5.40. The molecular formula is C11H21NO2. The lowest BCUT2D eigenvalue weighted by atomic mass is 9.84. The Kier molecular flexibility index (Phi) is 2.37. The summed E-state index contributed by atoms with van der Waals surface area (Å²) in [6, 6.07) is 0. The normalized spacial score (nSPS) is 32.1. The van der Waals surface area contributed by atoms with Gasteiger partial charge in [-0.05, 0) is 27.2 Å². The van der Waals surface area contributed by atoms with Crippen LogP contribution in [0.15, 0.2) is 0 Å². The average molecular weight is 199 g/mol. The van der Waals surface area contributed by atoms with Crippen LogP contribution in [0.1, 0.15) is 27.2 Å². The largest absolute Gasteiger partial charge is 0.378 e. The van der Waals surface area contributed by atoms with Crippen LogP contribution in [0.3, 0.4) is 0 Å². The van der Waals surface area contributed by atoms with Crippen LogP contribution in [0.25, 0.3) is 0 Å². The summed E-state index contributed by atoms with van der Waals surface area (Å²) in [5, 5.41) is 0. The maximum atomic E-state index is 5.84.